The van der Waals surface area contributed by atoms with Gasteiger partial charge in [-0.25, -0.2) is 0 Å². The maximum Gasteiger partial charge on any atom is 0.119 e. The zero-order valence-corrected chi connectivity index (χ0v) is 11.9. The van der Waals surface area contributed by atoms with Gasteiger partial charge in [0.15, 0.2) is 0 Å². The van der Waals surface area contributed by atoms with Crippen LogP contribution in [0.4, 0.5) is 0 Å². The van der Waals surface area contributed by atoms with Crippen molar-refractivity contribution in [2.75, 3.05) is 13.7 Å². The van der Waals surface area contributed by atoms with Crippen molar-refractivity contribution in [2.24, 2.45) is 0 Å². The van der Waals surface area contributed by atoms with Crippen LogP contribution in [0.15, 0.2) is 18.2 Å². The lowest BCUT2D eigenvalue weighted by Gasteiger charge is -2.16. The van der Waals surface area contributed by atoms with Crippen molar-refractivity contribution < 1.29 is 14.6 Å². The molecule has 0 saturated carbocycles. The van der Waals surface area contributed by atoms with Crippen molar-refractivity contribution in [3.63, 3.8) is 0 Å². The molecule has 2 atom stereocenters. The van der Waals surface area contributed by atoms with Crippen molar-refractivity contribution in [3.8, 4) is 5.75 Å². The maximum absolute atomic E-state index is 10.3. The number of hydrogen-bond acceptors (Lipinski definition) is 3. The molecule has 19 heavy (non-hydrogen) atoms. The Morgan fingerprint density at radius 3 is 2.84 bits per heavy atom. The van der Waals surface area contributed by atoms with Crippen LogP contribution in [-0.4, -0.2) is 24.9 Å². The van der Waals surface area contributed by atoms with E-state index in [4.69, 9.17) is 9.47 Å². The second-order valence-corrected chi connectivity index (χ2v) is 5.18. The maximum atomic E-state index is 10.3. The summed E-state index contributed by atoms with van der Waals surface area (Å²) in [7, 11) is 1.64. The fourth-order valence-electron chi connectivity index (χ4n) is 2.60. The molecule has 2 unspecified atom stereocenters. The Kier molecular flexibility index (Phi) is 5.23. The van der Waals surface area contributed by atoms with Crippen LogP contribution >= 0.6 is 0 Å². The van der Waals surface area contributed by atoms with E-state index in [0.717, 1.165) is 30.8 Å². The summed E-state index contributed by atoms with van der Waals surface area (Å²) in [4.78, 5) is 0. The second kappa shape index (κ2) is 6.92. The minimum Gasteiger partial charge on any atom is -0.497 e. The van der Waals surface area contributed by atoms with Gasteiger partial charge in [-0.15, -0.1) is 0 Å². The van der Waals surface area contributed by atoms with E-state index in [0.29, 0.717) is 0 Å². The summed E-state index contributed by atoms with van der Waals surface area (Å²) in [6.45, 7) is 2.94. The highest BCUT2D eigenvalue weighted by atomic mass is 16.5. The molecule has 0 aliphatic heterocycles. The monoisotopic (exact) mass is 264 g/mol. The van der Waals surface area contributed by atoms with E-state index in [-0.39, 0.29) is 6.10 Å². The SMILES string of the molecule is CCCCCCOC1Cc2ccc(OC)cc2C1O. The summed E-state index contributed by atoms with van der Waals surface area (Å²) < 4.78 is 11.0. The largest absolute Gasteiger partial charge is 0.497 e. The Labute approximate surface area is 115 Å². The molecule has 0 fully saturated rings. The Morgan fingerprint density at radius 2 is 2.11 bits per heavy atom. The Morgan fingerprint density at radius 1 is 1.26 bits per heavy atom. The summed E-state index contributed by atoms with van der Waals surface area (Å²) in [5.41, 5.74) is 2.13. The lowest BCUT2D eigenvalue weighted by Crippen LogP contribution is -2.18. The van der Waals surface area contributed by atoms with Crippen LogP contribution in [0, 0.1) is 0 Å². The Bertz CT molecular complexity index is 403. The van der Waals surface area contributed by atoms with Crippen LogP contribution in [0.25, 0.3) is 0 Å². The Balaban J connectivity index is 1.86. The minimum atomic E-state index is -0.517. The molecule has 0 radical (unpaired) electrons. The van der Waals surface area contributed by atoms with Crippen molar-refractivity contribution in [1.29, 1.82) is 0 Å². The van der Waals surface area contributed by atoms with Crippen molar-refractivity contribution >= 4 is 0 Å². The number of methoxy groups -OCH3 is 1. The topological polar surface area (TPSA) is 38.7 Å². The summed E-state index contributed by atoms with van der Waals surface area (Å²) in [6.07, 6.45) is 4.97. The second-order valence-electron chi connectivity index (χ2n) is 5.18. The number of fused-ring (bicyclic) bond motifs is 1. The molecule has 2 rings (SSSR count). The summed E-state index contributed by atoms with van der Waals surface area (Å²) >= 11 is 0. The molecule has 0 heterocycles. The zero-order valence-electron chi connectivity index (χ0n) is 11.9. The van der Waals surface area contributed by atoms with Gasteiger partial charge in [-0.3, -0.25) is 0 Å². The molecule has 0 spiro atoms. The first-order valence-electron chi connectivity index (χ1n) is 7.22. The van der Waals surface area contributed by atoms with E-state index in [2.05, 4.69) is 6.92 Å². The van der Waals surface area contributed by atoms with E-state index in [9.17, 15) is 5.11 Å². The average Bonchev–Trinajstić information content (AvgIpc) is 2.75. The molecule has 1 aromatic rings. The van der Waals surface area contributed by atoms with Gasteiger partial charge in [-0.2, -0.15) is 0 Å². The van der Waals surface area contributed by atoms with Crippen LogP contribution in [0.5, 0.6) is 5.75 Å². The number of rotatable bonds is 7. The zero-order chi connectivity index (χ0) is 13.7. The third-order valence-electron chi connectivity index (χ3n) is 3.77. The number of ether oxygens (including phenoxy) is 2. The number of aliphatic hydroxyl groups excluding tert-OH is 1. The van der Waals surface area contributed by atoms with Gasteiger partial charge in [0.25, 0.3) is 0 Å². The molecule has 0 bridgehead atoms. The van der Waals surface area contributed by atoms with E-state index in [1.807, 2.05) is 18.2 Å². The highest BCUT2D eigenvalue weighted by molar-refractivity contribution is 5.41. The number of unbranched alkanes of at least 4 members (excludes halogenated alkanes) is 3. The molecule has 1 aliphatic rings. The van der Waals surface area contributed by atoms with E-state index >= 15 is 0 Å². The average molecular weight is 264 g/mol. The standard InChI is InChI=1S/C16H24O3/c1-3-4-5-6-9-19-15-10-12-7-8-13(18-2)11-14(12)16(15)17/h7-8,11,15-17H,3-6,9-10H2,1-2H3. The smallest absolute Gasteiger partial charge is 0.119 e. The molecule has 0 saturated heterocycles. The molecule has 0 aromatic heterocycles. The third-order valence-corrected chi connectivity index (χ3v) is 3.77. The first kappa shape index (κ1) is 14.4. The van der Waals surface area contributed by atoms with E-state index in [1.54, 1.807) is 7.11 Å². The third kappa shape index (κ3) is 3.48. The van der Waals surface area contributed by atoms with Gasteiger partial charge in [0.1, 0.15) is 11.9 Å². The van der Waals surface area contributed by atoms with Gasteiger partial charge < -0.3 is 14.6 Å². The number of benzene rings is 1. The Hall–Kier alpha value is -1.06. The first-order chi connectivity index (χ1) is 9.26. The molecule has 1 aromatic carbocycles. The van der Waals surface area contributed by atoms with Gasteiger partial charge >= 0.3 is 0 Å². The molecule has 1 aliphatic carbocycles. The van der Waals surface area contributed by atoms with Gasteiger partial charge in [0.05, 0.1) is 13.2 Å². The number of hydrogen-bond donors (Lipinski definition) is 1. The van der Waals surface area contributed by atoms with E-state index < -0.39 is 6.10 Å². The van der Waals surface area contributed by atoms with Crippen LogP contribution in [0.3, 0.4) is 0 Å². The van der Waals surface area contributed by atoms with Gasteiger partial charge in [-0.1, -0.05) is 32.3 Å². The molecule has 0 amide bonds. The minimum absolute atomic E-state index is 0.0938. The summed E-state index contributed by atoms with van der Waals surface area (Å²) in [5, 5.41) is 10.3. The molecular formula is C16H24O3. The van der Waals surface area contributed by atoms with Gasteiger partial charge in [0.2, 0.25) is 0 Å². The first-order valence-corrected chi connectivity index (χ1v) is 7.22. The highest BCUT2D eigenvalue weighted by Gasteiger charge is 2.31. The lowest BCUT2D eigenvalue weighted by molar-refractivity contribution is -0.0289. The normalized spacial score (nSPS) is 21.4. The van der Waals surface area contributed by atoms with Crippen molar-refractivity contribution in [1.82, 2.24) is 0 Å². The van der Waals surface area contributed by atoms with Crippen LogP contribution in [-0.2, 0) is 11.2 Å². The molecule has 106 valence electrons. The van der Waals surface area contributed by atoms with Crippen molar-refractivity contribution in [3.05, 3.63) is 29.3 Å². The van der Waals surface area contributed by atoms with Crippen LogP contribution in [0.2, 0.25) is 0 Å². The highest BCUT2D eigenvalue weighted by Crippen LogP contribution is 2.35. The fraction of sp³-hybridized carbons (Fsp3) is 0.625. The summed E-state index contributed by atoms with van der Waals surface area (Å²) in [5.74, 6) is 0.793. The summed E-state index contributed by atoms with van der Waals surface area (Å²) in [6, 6.07) is 5.88. The predicted molar refractivity (Wildman–Crippen MR) is 75.5 cm³/mol. The molecule has 3 heteroatoms. The number of aliphatic hydroxyl groups is 1. The molecule has 1 N–H and O–H groups in total. The van der Waals surface area contributed by atoms with Gasteiger partial charge in [-0.05, 0) is 29.7 Å². The molecular weight excluding hydrogens is 240 g/mol. The predicted octanol–water partition coefficient (Wildman–Crippen LogP) is 3.25. The van der Waals surface area contributed by atoms with Crippen molar-refractivity contribution in [2.45, 2.75) is 51.2 Å². The quantitative estimate of drug-likeness (QED) is 0.768. The molecule has 3 nitrogen and oxygen atoms in total. The lowest BCUT2D eigenvalue weighted by atomic mass is 10.1. The van der Waals surface area contributed by atoms with Gasteiger partial charge in [0, 0.05) is 13.0 Å². The van der Waals surface area contributed by atoms with E-state index in [1.165, 1.54) is 24.8 Å². The fourth-order valence-corrected chi connectivity index (χ4v) is 2.60. The van der Waals surface area contributed by atoms with Crippen LogP contribution < -0.4 is 4.74 Å². The van der Waals surface area contributed by atoms with Crippen LogP contribution in [0.1, 0.15) is 49.8 Å².